The first kappa shape index (κ1) is 25.2. The van der Waals surface area contributed by atoms with Crippen molar-refractivity contribution in [3.63, 3.8) is 0 Å². The Morgan fingerprint density at radius 2 is 1.14 bits per heavy atom. The number of carbonyl (C=O) groups is 1. The summed E-state index contributed by atoms with van der Waals surface area (Å²) in [5, 5.41) is 1.10. The molecule has 2 aromatic rings. The van der Waals surface area contributed by atoms with Crippen molar-refractivity contribution in [3.05, 3.63) is 64.7 Å². The first-order valence-corrected chi connectivity index (χ1v) is 10.8. The molecule has 0 aliphatic carbocycles. The second kappa shape index (κ2) is 8.88. The second-order valence-electron chi connectivity index (χ2n) is 10.5. The van der Waals surface area contributed by atoms with E-state index < -0.39 is 0 Å². The Hall–Kier alpha value is -0.863. The van der Waals surface area contributed by atoms with Crippen LogP contribution in [-0.4, -0.2) is 24.4 Å². The molecule has 147 valence electrons. The molecule has 0 fully saturated rings. The van der Waals surface area contributed by atoms with Gasteiger partial charge < -0.3 is 0 Å². The minimum atomic E-state index is -0.0899. The van der Waals surface area contributed by atoms with Crippen LogP contribution >= 0.6 is 8.58 Å². The van der Waals surface area contributed by atoms with E-state index in [2.05, 4.69) is 74.4 Å². The molecule has 1 unspecified atom stereocenters. The summed E-state index contributed by atoms with van der Waals surface area (Å²) in [4.78, 5) is 13.5. The number of hydrogen-bond acceptors (Lipinski definition) is 1. The van der Waals surface area contributed by atoms with Crippen molar-refractivity contribution in [2.24, 2.45) is 0 Å². The van der Waals surface area contributed by atoms with Gasteiger partial charge in [-0.2, -0.15) is 0 Å². The average molecular weight is 389 g/mol. The molecule has 0 saturated heterocycles. The summed E-state index contributed by atoms with van der Waals surface area (Å²) >= 11 is 0. The first-order valence-electron chi connectivity index (χ1n) is 9.77. The van der Waals surface area contributed by atoms with Crippen LogP contribution in [0.15, 0.2) is 42.5 Å². The van der Waals surface area contributed by atoms with E-state index in [1.54, 1.807) is 0 Å². The van der Waals surface area contributed by atoms with E-state index in [1.807, 2.05) is 30.3 Å². The van der Waals surface area contributed by atoms with E-state index in [-0.39, 0.29) is 49.2 Å². The Bertz CT molecular complexity index is 783. The number of hydrogen-bond donors (Lipinski definition) is 0. The molecule has 0 aromatic heterocycles. The van der Waals surface area contributed by atoms with E-state index in [0.29, 0.717) is 0 Å². The fraction of sp³-hybridized carbons (Fsp3) is 0.480. The van der Waals surface area contributed by atoms with E-state index in [4.69, 9.17) is 0 Å². The van der Waals surface area contributed by atoms with Gasteiger partial charge in [0.1, 0.15) is 0 Å². The predicted octanol–water partition coefficient (Wildman–Crippen LogP) is 6.34. The summed E-state index contributed by atoms with van der Waals surface area (Å²) < 4.78 is 0. The zero-order valence-electron chi connectivity index (χ0n) is 19.4. The summed E-state index contributed by atoms with van der Waals surface area (Å²) in [6.07, 6.45) is 0. The number of carbonyl (C=O) groups excluding carboxylic acids is 1. The smallest absolute Gasteiger partial charge is 0.186 e. The van der Waals surface area contributed by atoms with Gasteiger partial charge in [0, 0.05) is 24.4 Å². The van der Waals surface area contributed by atoms with Gasteiger partial charge >= 0.3 is 0 Å². The Balaban J connectivity index is 0.00000392. The van der Waals surface area contributed by atoms with Gasteiger partial charge in [-0.05, 0) is 46.8 Å². The summed E-state index contributed by atoms with van der Waals surface area (Å²) in [7, 11) is 0.151. The maximum atomic E-state index is 13.5. The second-order valence-corrected chi connectivity index (χ2v) is 11.8. The van der Waals surface area contributed by atoms with Gasteiger partial charge in [-0.15, -0.1) is 0 Å². The zero-order chi connectivity index (χ0) is 20.6. The van der Waals surface area contributed by atoms with Gasteiger partial charge in [-0.3, -0.25) is 4.79 Å². The fourth-order valence-electron chi connectivity index (χ4n) is 3.22. The van der Waals surface area contributed by atoms with Crippen molar-refractivity contribution in [3.8, 4) is 0 Å². The van der Waals surface area contributed by atoms with Gasteiger partial charge in [0.2, 0.25) is 0 Å². The van der Waals surface area contributed by atoms with Crippen LogP contribution in [0.1, 0.15) is 89.4 Å². The molecule has 0 bridgehead atoms. The summed E-state index contributed by atoms with van der Waals surface area (Å²) in [6.45, 7) is 20.0. The Labute approximate surface area is 186 Å². The van der Waals surface area contributed by atoms with Crippen molar-refractivity contribution >= 4 is 38.3 Å². The number of benzene rings is 2. The third-order valence-corrected chi connectivity index (χ3v) is 5.98. The van der Waals surface area contributed by atoms with Gasteiger partial charge in [-0.25, -0.2) is 0 Å². The third kappa shape index (κ3) is 6.07. The summed E-state index contributed by atoms with van der Waals surface area (Å²) in [5.41, 5.74) is 4.70. The van der Waals surface area contributed by atoms with Crippen molar-refractivity contribution in [2.75, 3.05) is 0 Å². The van der Waals surface area contributed by atoms with E-state index in [1.165, 1.54) is 16.7 Å². The normalized spacial score (nSPS) is 12.9. The van der Waals surface area contributed by atoms with Crippen molar-refractivity contribution in [2.45, 2.75) is 78.6 Å². The Morgan fingerprint density at radius 1 is 0.714 bits per heavy atom. The maximum Gasteiger partial charge on any atom is 0.186 e. The molecule has 0 N–H and O–H groups in total. The summed E-state index contributed by atoms with van der Waals surface area (Å²) in [6, 6.07) is 14.7. The summed E-state index contributed by atoms with van der Waals surface area (Å²) in [5.74, 6) is 0. The Morgan fingerprint density at radius 3 is 1.50 bits per heavy atom. The minimum Gasteiger partial charge on any atom is -0.289 e. The van der Waals surface area contributed by atoms with Crippen LogP contribution in [0.4, 0.5) is 0 Å². The molecule has 2 aromatic carbocycles. The Kier molecular flexibility index (Phi) is 7.98. The predicted molar refractivity (Wildman–Crippen MR) is 127 cm³/mol. The zero-order valence-corrected chi connectivity index (χ0v) is 20.4. The van der Waals surface area contributed by atoms with E-state index in [9.17, 15) is 4.79 Å². The molecule has 1 nitrogen and oxygen atoms in total. The number of rotatable bonds is 3. The van der Waals surface area contributed by atoms with Crippen LogP contribution in [0.2, 0.25) is 0 Å². The quantitative estimate of drug-likeness (QED) is 0.442. The molecule has 0 heterocycles. The van der Waals surface area contributed by atoms with Crippen molar-refractivity contribution < 1.29 is 4.79 Å². The van der Waals surface area contributed by atoms with Crippen molar-refractivity contribution in [1.82, 2.24) is 0 Å². The molecule has 0 amide bonds. The van der Waals surface area contributed by atoms with Crippen LogP contribution in [-0.2, 0) is 16.2 Å². The molecule has 2 rings (SSSR count). The standard InChI is InChI=1S/C25H35OP.Li/c1-23(2,3)17-15-19(24(4,5)6)21(20(16-17)25(7,8)9)22(26)27-18-13-11-10-12-14-18;/h10-16,27H,1-9H3;. The van der Waals surface area contributed by atoms with Gasteiger partial charge in [0.15, 0.2) is 5.52 Å². The minimum absolute atomic E-state index is 0. The van der Waals surface area contributed by atoms with Gasteiger partial charge in [0.25, 0.3) is 0 Å². The molecular formula is C25H35LiOP. The molecule has 0 saturated carbocycles. The van der Waals surface area contributed by atoms with Crippen LogP contribution in [0.5, 0.6) is 0 Å². The maximum absolute atomic E-state index is 13.5. The molecule has 1 atom stereocenters. The monoisotopic (exact) mass is 389 g/mol. The van der Waals surface area contributed by atoms with E-state index >= 15 is 0 Å². The van der Waals surface area contributed by atoms with Gasteiger partial charge in [0.05, 0.1) is 0 Å². The van der Waals surface area contributed by atoms with Crippen LogP contribution < -0.4 is 5.30 Å². The van der Waals surface area contributed by atoms with Crippen LogP contribution in [0.3, 0.4) is 0 Å². The molecule has 1 radical (unpaired) electrons. The molecule has 0 spiro atoms. The molecule has 3 heteroatoms. The third-order valence-electron chi connectivity index (χ3n) is 4.88. The largest absolute Gasteiger partial charge is 0.289 e. The molecule has 28 heavy (non-hydrogen) atoms. The SMILES string of the molecule is CC(C)(C)c1cc(C(C)(C)C)c(C(=O)Pc2ccccc2)c(C(C)(C)C)c1.[Li]. The molecular weight excluding hydrogens is 354 g/mol. The average Bonchev–Trinajstić information content (AvgIpc) is 2.52. The van der Waals surface area contributed by atoms with Crippen LogP contribution in [0.25, 0.3) is 0 Å². The van der Waals surface area contributed by atoms with E-state index in [0.717, 1.165) is 10.9 Å². The van der Waals surface area contributed by atoms with Crippen molar-refractivity contribution in [1.29, 1.82) is 0 Å². The topological polar surface area (TPSA) is 17.1 Å². The molecule has 0 aliphatic heterocycles. The molecule has 0 aliphatic rings. The first-order chi connectivity index (χ1) is 12.2. The van der Waals surface area contributed by atoms with Gasteiger partial charge in [-0.1, -0.05) is 105 Å². The van der Waals surface area contributed by atoms with Crippen LogP contribution in [0, 0.1) is 0 Å². The fourth-order valence-corrected chi connectivity index (χ4v) is 4.23.